The van der Waals surface area contributed by atoms with E-state index in [4.69, 9.17) is 4.74 Å². The molecule has 2 aliphatic rings. The Bertz CT molecular complexity index is 977. The van der Waals surface area contributed by atoms with Gasteiger partial charge in [0.2, 0.25) is 5.91 Å². The second-order valence-corrected chi connectivity index (χ2v) is 7.60. The van der Waals surface area contributed by atoms with Crippen LogP contribution in [0.3, 0.4) is 0 Å². The lowest BCUT2D eigenvalue weighted by atomic mass is 9.99. The number of ether oxygens (including phenoxy) is 1. The Labute approximate surface area is 164 Å². The van der Waals surface area contributed by atoms with E-state index in [0.29, 0.717) is 17.7 Å². The van der Waals surface area contributed by atoms with Gasteiger partial charge in [-0.1, -0.05) is 18.2 Å². The highest BCUT2D eigenvalue weighted by Gasteiger charge is 2.50. The number of amides is 1. The minimum absolute atomic E-state index is 0.00973. The number of nitriles is 1. The first-order valence-corrected chi connectivity index (χ1v) is 9.59. The lowest BCUT2D eigenvalue weighted by Gasteiger charge is -2.23. The van der Waals surface area contributed by atoms with Crippen LogP contribution in [0.4, 0.5) is 5.69 Å². The fourth-order valence-electron chi connectivity index (χ4n) is 4.45. The highest BCUT2D eigenvalue weighted by molar-refractivity contribution is 5.99. The molecule has 1 saturated carbocycles. The van der Waals surface area contributed by atoms with Crippen LogP contribution < -0.4 is 4.90 Å². The predicted octanol–water partition coefficient (Wildman–Crippen LogP) is 3.77. The molecule has 0 aromatic heterocycles. The molecular weight excluding hydrogens is 352 g/mol. The Kier molecular flexibility index (Phi) is 4.64. The maximum atomic E-state index is 13.0. The Morgan fingerprint density at radius 3 is 2.57 bits per heavy atom. The molecule has 1 heterocycles. The smallest absolute Gasteiger partial charge is 0.338 e. The van der Waals surface area contributed by atoms with Gasteiger partial charge in [0, 0.05) is 24.1 Å². The van der Waals surface area contributed by atoms with Gasteiger partial charge in [0.1, 0.15) is 6.10 Å². The molecule has 0 radical (unpaired) electrons. The number of hydrogen-bond donors (Lipinski definition) is 0. The van der Waals surface area contributed by atoms with Crippen molar-refractivity contribution in [2.24, 2.45) is 11.8 Å². The first-order chi connectivity index (χ1) is 13.5. The van der Waals surface area contributed by atoms with Crippen LogP contribution in [0.2, 0.25) is 0 Å². The van der Waals surface area contributed by atoms with Crippen LogP contribution in [-0.4, -0.2) is 24.5 Å². The van der Waals surface area contributed by atoms with E-state index in [9.17, 15) is 14.9 Å². The van der Waals surface area contributed by atoms with Crippen molar-refractivity contribution >= 4 is 17.6 Å². The normalized spacial score (nSPS) is 23.4. The van der Waals surface area contributed by atoms with Gasteiger partial charge in [0.15, 0.2) is 0 Å². The Balaban J connectivity index is 1.54. The quantitative estimate of drug-likeness (QED) is 0.767. The van der Waals surface area contributed by atoms with E-state index in [1.807, 2.05) is 38.1 Å². The molecule has 2 aromatic rings. The molecule has 2 aromatic carbocycles. The molecule has 2 fully saturated rings. The summed E-state index contributed by atoms with van der Waals surface area (Å²) in [6.45, 7) is 4.39. The van der Waals surface area contributed by atoms with Gasteiger partial charge in [0.25, 0.3) is 0 Å². The number of carbonyl (C=O) groups excluding carboxylic acids is 2. The molecule has 1 saturated heterocycles. The fourth-order valence-corrected chi connectivity index (χ4v) is 4.45. The zero-order valence-corrected chi connectivity index (χ0v) is 16.0. The van der Waals surface area contributed by atoms with Crippen molar-refractivity contribution in [3.8, 4) is 6.07 Å². The summed E-state index contributed by atoms with van der Waals surface area (Å²) in [6, 6.07) is 14.8. The molecule has 0 spiro atoms. The van der Waals surface area contributed by atoms with Crippen LogP contribution in [-0.2, 0) is 9.53 Å². The zero-order chi connectivity index (χ0) is 19.8. The Morgan fingerprint density at radius 1 is 1.11 bits per heavy atom. The molecular formula is C23H22N2O3. The Hall–Kier alpha value is -3.13. The van der Waals surface area contributed by atoms with E-state index in [-0.39, 0.29) is 29.8 Å². The lowest BCUT2D eigenvalue weighted by molar-refractivity contribution is -0.120. The van der Waals surface area contributed by atoms with Crippen molar-refractivity contribution in [3.05, 3.63) is 64.7 Å². The molecule has 3 atom stereocenters. The van der Waals surface area contributed by atoms with Crippen molar-refractivity contribution in [3.63, 3.8) is 0 Å². The second kappa shape index (κ2) is 7.12. The standard InChI is InChI=1S/C23H22N2O3/c1-14-15(2)20(10-8-17(14)12-24)25-13-19-18(22(25)26)9-11-21(19)28-23(27)16-6-4-3-5-7-16/h3-8,10,18-19,21H,9,11,13H2,1-2H3/t18-,19-,21-/m0/s1. The summed E-state index contributed by atoms with van der Waals surface area (Å²) in [5, 5.41) is 9.22. The van der Waals surface area contributed by atoms with Gasteiger partial charge >= 0.3 is 5.97 Å². The molecule has 4 rings (SSSR count). The molecule has 0 unspecified atom stereocenters. The molecule has 5 heteroatoms. The zero-order valence-electron chi connectivity index (χ0n) is 16.0. The number of fused-ring (bicyclic) bond motifs is 1. The van der Waals surface area contributed by atoms with E-state index in [1.54, 1.807) is 23.1 Å². The third kappa shape index (κ3) is 2.95. The summed E-state index contributed by atoms with van der Waals surface area (Å²) >= 11 is 0. The maximum Gasteiger partial charge on any atom is 0.338 e. The number of carbonyl (C=O) groups is 2. The van der Waals surface area contributed by atoms with Crippen LogP contribution >= 0.6 is 0 Å². The van der Waals surface area contributed by atoms with Crippen LogP contribution in [0, 0.1) is 37.0 Å². The van der Waals surface area contributed by atoms with Crippen molar-refractivity contribution in [1.29, 1.82) is 5.26 Å². The van der Waals surface area contributed by atoms with Gasteiger partial charge < -0.3 is 9.64 Å². The van der Waals surface area contributed by atoms with Gasteiger partial charge in [-0.15, -0.1) is 0 Å². The molecule has 1 amide bonds. The first-order valence-electron chi connectivity index (χ1n) is 9.59. The SMILES string of the molecule is Cc1c(C#N)ccc(N2C[C@@H]3[C@@H](OC(=O)c4ccccc4)CC[C@@H]3C2=O)c1C. The third-order valence-corrected chi connectivity index (χ3v) is 6.17. The predicted molar refractivity (Wildman–Crippen MR) is 105 cm³/mol. The number of esters is 1. The lowest BCUT2D eigenvalue weighted by Crippen LogP contribution is -2.30. The summed E-state index contributed by atoms with van der Waals surface area (Å²) in [4.78, 5) is 27.3. The van der Waals surface area contributed by atoms with E-state index in [0.717, 1.165) is 29.7 Å². The maximum absolute atomic E-state index is 13.0. The molecule has 1 aliphatic heterocycles. The van der Waals surface area contributed by atoms with E-state index >= 15 is 0 Å². The highest BCUT2D eigenvalue weighted by atomic mass is 16.5. The number of rotatable bonds is 3. The average Bonchev–Trinajstić information content (AvgIpc) is 3.25. The van der Waals surface area contributed by atoms with Crippen molar-refractivity contribution < 1.29 is 14.3 Å². The molecule has 142 valence electrons. The van der Waals surface area contributed by atoms with Crippen molar-refractivity contribution in [2.75, 3.05) is 11.4 Å². The fraction of sp³-hybridized carbons (Fsp3) is 0.348. The van der Waals surface area contributed by atoms with E-state index in [2.05, 4.69) is 6.07 Å². The molecule has 0 bridgehead atoms. The van der Waals surface area contributed by atoms with E-state index < -0.39 is 0 Å². The molecule has 1 aliphatic carbocycles. The third-order valence-electron chi connectivity index (χ3n) is 6.17. The summed E-state index contributed by atoms with van der Waals surface area (Å²) < 4.78 is 5.77. The number of nitrogens with zero attached hydrogens (tertiary/aromatic N) is 2. The minimum Gasteiger partial charge on any atom is -0.458 e. The van der Waals surface area contributed by atoms with Gasteiger partial charge in [0.05, 0.1) is 17.2 Å². The number of anilines is 1. The van der Waals surface area contributed by atoms with Gasteiger partial charge in [-0.3, -0.25) is 4.79 Å². The molecule has 0 N–H and O–H groups in total. The van der Waals surface area contributed by atoms with Crippen molar-refractivity contribution in [1.82, 2.24) is 0 Å². The number of hydrogen-bond acceptors (Lipinski definition) is 4. The Morgan fingerprint density at radius 2 is 1.86 bits per heavy atom. The average molecular weight is 374 g/mol. The van der Waals surface area contributed by atoms with Gasteiger partial charge in [-0.2, -0.15) is 5.26 Å². The van der Waals surface area contributed by atoms with Gasteiger partial charge in [-0.05, 0) is 62.1 Å². The van der Waals surface area contributed by atoms with Crippen molar-refractivity contribution in [2.45, 2.75) is 32.8 Å². The summed E-state index contributed by atoms with van der Waals surface area (Å²) in [7, 11) is 0. The topological polar surface area (TPSA) is 70.4 Å². The largest absolute Gasteiger partial charge is 0.458 e. The monoisotopic (exact) mass is 374 g/mol. The number of benzene rings is 2. The second-order valence-electron chi connectivity index (χ2n) is 7.60. The van der Waals surface area contributed by atoms with Crippen LogP contribution in [0.1, 0.15) is 39.9 Å². The first kappa shape index (κ1) is 18.2. The minimum atomic E-state index is -0.331. The van der Waals surface area contributed by atoms with E-state index in [1.165, 1.54) is 0 Å². The van der Waals surface area contributed by atoms with Crippen LogP contribution in [0.15, 0.2) is 42.5 Å². The van der Waals surface area contributed by atoms with Crippen LogP contribution in [0.5, 0.6) is 0 Å². The summed E-state index contributed by atoms with van der Waals surface area (Å²) in [5.41, 5.74) is 3.86. The van der Waals surface area contributed by atoms with Gasteiger partial charge in [-0.25, -0.2) is 4.79 Å². The summed E-state index contributed by atoms with van der Waals surface area (Å²) in [5.74, 6) is -0.336. The van der Waals surface area contributed by atoms with Crippen LogP contribution in [0.25, 0.3) is 0 Å². The summed E-state index contributed by atoms with van der Waals surface area (Å²) in [6.07, 6.45) is 1.21. The molecule has 28 heavy (non-hydrogen) atoms. The molecule has 5 nitrogen and oxygen atoms in total. The highest BCUT2D eigenvalue weighted by Crippen LogP contribution is 2.43.